The van der Waals surface area contributed by atoms with Gasteiger partial charge in [-0.1, -0.05) is 19.0 Å². The van der Waals surface area contributed by atoms with Crippen LogP contribution in [0.1, 0.15) is 44.3 Å². The van der Waals surface area contributed by atoms with E-state index in [4.69, 9.17) is 4.52 Å². The molecule has 78 valence electrons. The highest BCUT2D eigenvalue weighted by Crippen LogP contribution is 2.27. The van der Waals surface area contributed by atoms with Gasteiger partial charge in [0.1, 0.15) is 0 Å². The molecular weight excluding hydrogens is 178 g/mol. The summed E-state index contributed by atoms with van der Waals surface area (Å²) < 4.78 is 5.10. The van der Waals surface area contributed by atoms with Crippen molar-refractivity contribution in [2.24, 2.45) is 5.92 Å². The van der Waals surface area contributed by atoms with Crippen LogP contribution in [0.25, 0.3) is 0 Å². The Labute approximate surface area is 84.1 Å². The minimum absolute atomic E-state index is 0.343. The van der Waals surface area contributed by atoms with E-state index < -0.39 is 0 Å². The Bertz CT molecular complexity index is 291. The molecule has 1 heterocycles. The van der Waals surface area contributed by atoms with E-state index in [1.807, 2.05) is 0 Å². The lowest BCUT2D eigenvalue weighted by Gasteiger charge is -1.97. The molecule has 0 spiro atoms. The van der Waals surface area contributed by atoms with Gasteiger partial charge >= 0.3 is 0 Å². The van der Waals surface area contributed by atoms with Crippen molar-refractivity contribution in [2.75, 3.05) is 6.54 Å². The molecule has 1 aliphatic carbocycles. The molecule has 1 aliphatic rings. The number of hydrogen-bond donors (Lipinski definition) is 1. The fourth-order valence-corrected chi connectivity index (χ4v) is 1.28. The lowest BCUT2D eigenvalue weighted by Crippen LogP contribution is -2.16. The standard InChI is InChI=1S/C10H17N3O/c1-7(2)10-12-9(14-13-10)6-11-5-8-3-4-8/h7-8,11H,3-6H2,1-2H3. The maximum Gasteiger partial charge on any atom is 0.240 e. The van der Waals surface area contributed by atoms with Crippen LogP contribution in [0, 0.1) is 5.92 Å². The Hall–Kier alpha value is -0.900. The normalized spacial score (nSPS) is 16.5. The SMILES string of the molecule is CC(C)c1noc(CNCC2CC2)n1. The summed E-state index contributed by atoms with van der Waals surface area (Å²) in [6.07, 6.45) is 2.74. The van der Waals surface area contributed by atoms with E-state index in [1.165, 1.54) is 12.8 Å². The number of nitrogens with zero attached hydrogens (tertiary/aromatic N) is 2. The Kier molecular flexibility index (Phi) is 2.82. The predicted molar refractivity (Wildman–Crippen MR) is 52.8 cm³/mol. The highest BCUT2D eigenvalue weighted by atomic mass is 16.5. The Balaban J connectivity index is 1.77. The quantitative estimate of drug-likeness (QED) is 0.776. The summed E-state index contributed by atoms with van der Waals surface area (Å²) in [4.78, 5) is 4.29. The van der Waals surface area contributed by atoms with Crippen molar-refractivity contribution in [2.45, 2.75) is 39.2 Å². The van der Waals surface area contributed by atoms with Crippen molar-refractivity contribution in [1.29, 1.82) is 0 Å². The molecule has 0 aliphatic heterocycles. The third-order valence-electron chi connectivity index (χ3n) is 2.41. The molecule has 0 radical (unpaired) electrons. The number of hydrogen-bond acceptors (Lipinski definition) is 4. The zero-order valence-electron chi connectivity index (χ0n) is 8.79. The number of aromatic nitrogens is 2. The monoisotopic (exact) mass is 195 g/mol. The van der Waals surface area contributed by atoms with E-state index in [-0.39, 0.29) is 0 Å². The van der Waals surface area contributed by atoms with Crippen LogP contribution in [-0.2, 0) is 6.54 Å². The maximum atomic E-state index is 5.10. The van der Waals surface area contributed by atoms with E-state index in [0.29, 0.717) is 18.4 Å². The molecule has 0 bridgehead atoms. The molecule has 1 fully saturated rings. The summed E-state index contributed by atoms with van der Waals surface area (Å²) in [6.45, 7) is 5.91. The lowest BCUT2D eigenvalue weighted by molar-refractivity contribution is 0.360. The van der Waals surface area contributed by atoms with E-state index >= 15 is 0 Å². The van der Waals surface area contributed by atoms with Gasteiger partial charge in [-0.2, -0.15) is 4.98 Å². The average molecular weight is 195 g/mol. The van der Waals surface area contributed by atoms with Crippen LogP contribution in [0.4, 0.5) is 0 Å². The van der Waals surface area contributed by atoms with Gasteiger partial charge in [0.15, 0.2) is 5.82 Å². The minimum Gasteiger partial charge on any atom is -0.338 e. The van der Waals surface area contributed by atoms with Gasteiger partial charge in [-0.25, -0.2) is 0 Å². The summed E-state index contributed by atoms with van der Waals surface area (Å²) in [5.74, 6) is 2.74. The predicted octanol–water partition coefficient (Wildman–Crippen LogP) is 1.69. The number of rotatable bonds is 5. The Morgan fingerprint density at radius 1 is 1.50 bits per heavy atom. The molecule has 2 rings (SSSR count). The van der Waals surface area contributed by atoms with E-state index in [1.54, 1.807) is 0 Å². The first-order valence-electron chi connectivity index (χ1n) is 5.29. The van der Waals surface area contributed by atoms with Crippen molar-refractivity contribution >= 4 is 0 Å². The topological polar surface area (TPSA) is 51.0 Å². The molecule has 1 N–H and O–H groups in total. The van der Waals surface area contributed by atoms with Crippen molar-refractivity contribution < 1.29 is 4.52 Å². The third kappa shape index (κ3) is 2.54. The van der Waals surface area contributed by atoms with Crippen molar-refractivity contribution in [3.63, 3.8) is 0 Å². The van der Waals surface area contributed by atoms with E-state index in [9.17, 15) is 0 Å². The zero-order valence-corrected chi connectivity index (χ0v) is 8.79. The van der Waals surface area contributed by atoms with Crippen LogP contribution in [-0.4, -0.2) is 16.7 Å². The number of nitrogens with one attached hydrogen (secondary N) is 1. The molecule has 1 saturated carbocycles. The summed E-state index contributed by atoms with van der Waals surface area (Å²) in [7, 11) is 0. The molecule has 0 saturated heterocycles. The van der Waals surface area contributed by atoms with Gasteiger partial charge in [0.05, 0.1) is 6.54 Å². The highest BCUT2D eigenvalue weighted by Gasteiger charge is 2.20. The largest absolute Gasteiger partial charge is 0.338 e. The van der Waals surface area contributed by atoms with Crippen LogP contribution in [0.15, 0.2) is 4.52 Å². The van der Waals surface area contributed by atoms with Gasteiger partial charge in [0, 0.05) is 5.92 Å². The molecule has 4 heteroatoms. The first-order valence-corrected chi connectivity index (χ1v) is 5.29. The summed E-state index contributed by atoms with van der Waals surface area (Å²) in [5, 5.41) is 7.22. The van der Waals surface area contributed by atoms with E-state index in [2.05, 4.69) is 29.3 Å². The smallest absolute Gasteiger partial charge is 0.240 e. The highest BCUT2D eigenvalue weighted by molar-refractivity contribution is 4.91. The Morgan fingerprint density at radius 3 is 2.86 bits per heavy atom. The van der Waals surface area contributed by atoms with Crippen molar-refractivity contribution in [3.8, 4) is 0 Å². The second kappa shape index (κ2) is 4.09. The van der Waals surface area contributed by atoms with Crippen LogP contribution in [0.5, 0.6) is 0 Å². The van der Waals surface area contributed by atoms with Crippen LogP contribution >= 0.6 is 0 Å². The first-order chi connectivity index (χ1) is 6.75. The van der Waals surface area contributed by atoms with Gasteiger partial charge in [0.25, 0.3) is 0 Å². The van der Waals surface area contributed by atoms with Gasteiger partial charge in [-0.05, 0) is 25.3 Å². The molecule has 0 unspecified atom stereocenters. The van der Waals surface area contributed by atoms with Crippen LogP contribution in [0.3, 0.4) is 0 Å². The van der Waals surface area contributed by atoms with Crippen LogP contribution < -0.4 is 5.32 Å². The molecule has 0 atom stereocenters. The summed E-state index contributed by atoms with van der Waals surface area (Å²) in [6, 6.07) is 0. The zero-order chi connectivity index (χ0) is 9.97. The molecule has 0 amide bonds. The minimum atomic E-state index is 0.343. The maximum absolute atomic E-state index is 5.10. The molecule has 0 aromatic carbocycles. The van der Waals surface area contributed by atoms with Gasteiger partial charge in [0.2, 0.25) is 5.89 Å². The summed E-state index contributed by atoms with van der Waals surface area (Å²) in [5.41, 5.74) is 0. The Morgan fingerprint density at radius 2 is 2.29 bits per heavy atom. The first kappa shape index (κ1) is 9.65. The van der Waals surface area contributed by atoms with E-state index in [0.717, 1.165) is 18.3 Å². The second-order valence-electron chi connectivity index (χ2n) is 4.28. The summed E-state index contributed by atoms with van der Waals surface area (Å²) >= 11 is 0. The fourth-order valence-electron chi connectivity index (χ4n) is 1.28. The molecule has 1 aromatic rings. The van der Waals surface area contributed by atoms with Gasteiger partial charge < -0.3 is 9.84 Å². The van der Waals surface area contributed by atoms with Gasteiger partial charge in [-0.3, -0.25) is 0 Å². The molecule has 4 nitrogen and oxygen atoms in total. The molecular formula is C10H17N3O. The van der Waals surface area contributed by atoms with Crippen molar-refractivity contribution in [1.82, 2.24) is 15.5 Å². The lowest BCUT2D eigenvalue weighted by atomic mass is 10.2. The van der Waals surface area contributed by atoms with Gasteiger partial charge in [-0.15, -0.1) is 0 Å². The molecule has 1 aromatic heterocycles. The second-order valence-corrected chi connectivity index (χ2v) is 4.28. The third-order valence-corrected chi connectivity index (χ3v) is 2.41. The van der Waals surface area contributed by atoms with Crippen LogP contribution in [0.2, 0.25) is 0 Å². The average Bonchev–Trinajstić information content (AvgIpc) is 2.82. The molecule has 14 heavy (non-hydrogen) atoms. The van der Waals surface area contributed by atoms with Crippen molar-refractivity contribution in [3.05, 3.63) is 11.7 Å². The fraction of sp³-hybridized carbons (Fsp3) is 0.800.